The maximum atomic E-state index is 12.8. The first-order chi connectivity index (χ1) is 12.0. The monoisotopic (exact) mass is 390 g/mol. The van der Waals surface area contributed by atoms with Crippen LogP contribution in [-0.4, -0.2) is 41.2 Å². The van der Waals surface area contributed by atoms with E-state index < -0.39 is 29.3 Å². The van der Waals surface area contributed by atoms with Gasteiger partial charge in [0, 0.05) is 12.5 Å². The number of hydrogen-bond acceptors (Lipinski definition) is 5. The lowest BCUT2D eigenvalue weighted by Gasteiger charge is -2.28. The molecular formula is C16H17F3N2O4S. The fraction of sp³-hybridized carbons (Fsp3) is 0.438. The Hall–Kier alpha value is -2.20. The molecule has 0 radical (unpaired) electrons. The number of rotatable bonds is 6. The predicted octanol–water partition coefficient (Wildman–Crippen LogP) is 3.23. The molecule has 6 nitrogen and oxygen atoms in total. The van der Waals surface area contributed by atoms with Gasteiger partial charge in [0.25, 0.3) is 5.91 Å². The van der Waals surface area contributed by atoms with Crippen molar-refractivity contribution in [2.24, 2.45) is 0 Å². The van der Waals surface area contributed by atoms with Crippen LogP contribution in [0.2, 0.25) is 0 Å². The standard InChI is InChI=1S/C16H17F3N2O4S/c1-8-9-4-5-10(16(17,18)19)20-14(9)26-12(8)13(24)21-15(2,7-25-3)6-11(22)23/h4-5H,6-7H2,1-3H3,(H,21,24)(H,22,23). The van der Waals surface area contributed by atoms with Crippen LogP contribution in [0.1, 0.15) is 34.3 Å². The van der Waals surface area contributed by atoms with Gasteiger partial charge in [0.2, 0.25) is 0 Å². The lowest BCUT2D eigenvalue weighted by Crippen LogP contribution is -2.50. The number of carboxylic acids is 1. The van der Waals surface area contributed by atoms with Crippen molar-refractivity contribution in [3.05, 3.63) is 28.3 Å². The molecule has 0 aliphatic heterocycles. The lowest BCUT2D eigenvalue weighted by atomic mass is 9.98. The average Bonchev–Trinajstić information content (AvgIpc) is 2.82. The first-order valence-corrected chi connectivity index (χ1v) is 8.29. The van der Waals surface area contributed by atoms with Crippen molar-refractivity contribution in [3.8, 4) is 0 Å². The largest absolute Gasteiger partial charge is 0.481 e. The van der Waals surface area contributed by atoms with Gasteiger partial charge in [-0.15, -0.1) is 11.3 Å². The fourth-order valence-electron chi connectivity index (χ4n) is 2.59. The molecule has 0 spiro atoms. The van der Waals surface area contributed by atoms with Gasteiger partial charge in [-0.1, -0.05) is 0 Å². The molecule has 26 heavy (non-hydrogen) atoms. The Labute approximate surface area is 151 Å². The molecule has 1 unspecified atom stereocenters. The van der Waals surface area contributed by atoms with E-state index in [-0.39, 0.29) is 22.7 Å². The number of aromatic nitrogens is 1. The molecule has 10 heteroatoms. The van der Waals surface area contributed by atoms with Crippen molar-refractivity contribution >= 4 is 33.4 Å². The summed E-state index contributed by atoms with van der Waals surface area (Å²) in [5, 5.41) is 12.1. The number of alkyl halides is 3. The quantitative estimate of drug-likeness (QED) is 0.791. The SMILES string of the molecule is COCC(C)(CC(=O)O)NC(=O)c1sc2nc(C(F)(F)F)ccc2c1C. The number of carboxylic acid groups (broad SMARTS) is 1. The zero-order valence-electron chi connectivity index (χ0n) is 14.2. The van der Waals surface area contributed by atoms with Gasteiger partial charge >= 0.3 is 12.1 Å². The summed E-state index contributed by atoms with van der Waals surface area (Å²) >= 11 is 0.829. The van der Waals surface area contributed by atoms with Crippen LogP contribution >= 0.6 is 11.3 Å². The summed E-state index contributed by atoms with van der Waals surface area (Å²) in [6.07, 6.45) is -4.94. The van der Waals surface area contributed by atoms with Crippen molar-refractivity contribution in [1.82, 2.24) is 10.3 Å². The van der Waals surface area contributed by atoms with E-state index in [2.05, 4.69) is 10.3 Å². The summed E-state index contributed by atoms with van der Waals surface area (Å²) in [6.45, 7) is 3.09. The Morgan fingerprint density at radius 3 is 2.54 bits per heavy atom. The molecule has 2 aromatic heterocycles. The maximum Gasteiger partial charge on any atom is 0.433 e. The van der Waals surface area contributed by atoms with Gasteiger partial charge in [-0.05, 0) is 31.5 Å². The molecule has 2 rings (SSSR count). The number of pyridine rings is 1. The van der Waals surface area contributed by atoms with E-state index in [1.54, 1.807) is 6.92 Å². The van der Waals surface area contributed by atoms with Crippen molar-refractivity contribution in [3.63, 3.8) is 0 Å². The zero-order chi connectivity index (χ0) is 19.7. The molecule has 2 N–H and O–H groups in total. The number of amides is 1. The van der Waals surface area contributed by atoms with Gasteiger partial charge in [0.1, 0.15) is 10.5 Å². The van der Waals surface area contributed by atoms with E-state index in [1.165, 1.54) is 20.1 Å². The van der Waals surface area contributed by atoms with E-state index in [4.69, 9.17) is 9.84 Å². The minimum absolute atomic E-state index is 0.0363. The van der Waals surface area contributed by atoms with Crippen LogP contribution in [0, 0.1) is 6.92 Å². The van der Waals surface area contributed by atoms with Crippen molar-refractivity contribution in [2.75, 3.05) is 13.7 Å². The fourth-order valence-corrected chi connectivity index (χ4v) is 3.66. The summed E-state index contributed by atoms with van der Waals surface area (Å²) in [5.74, 6) is -1.70. The third-order valence-electron chi connectivity index (χ3n) is 3.72. The summed E-state index contributed by atoms with van der Waals surface area (Å²) < 4.78 is 43.4. The Balaban J connectivity index is 2.38. The Kier molecular flexibility index (Phi) is 5.57. The topological polar surface area (TPSA) is 88.5 Å². The number of aryl methyl sites for hydroxylation is 1. The highest BCUT2D eigenvalue weighted by atomic mass is 32.1. The molecule has 2 heterocycles. The van der Waals surface area contributed by atoms with Crippen LogP contribution in [0.25, 0.3) is 10.2 Å². The van der Waals surface area contributed by atoms with Crippen LogP contribution in [0.3, 0.4) is 0 Å². The van der Waals surface area contributed by atoms with Crippen LogP contribution in [0.5, 0.6) is 0 Å². The number of hydrogen-bond donors (Lipinski definition) is 2. The van der Waals surface area contributed by atoms with Crippen molar-refractivity contribution in [1.29, 1.82) is 0 Å². The maximum absolute atomic E-state index is 12.8. The Morgan fingerprint density at radius 1 is 1.35 bits per heavy atom. The first-order valence-electron chi connectivity index (χ1n) is 7.47. The lowest BCUT2D eigenvalue weighted by molar-refractivity contribution is -0.141. The number of carbonyl (C=O) groups excluding carboxylic acids is 1. The molecule has 1 atom stereocenters. The number of halogens is 3. The number of nitrogens with one attached hydrogen (secondary N) is 1. The second-order valence-corrected chi connectivity index (χ2v) is 7.12. The molecule has 2 aromatic rings. The number of methoxy groups -OCH3 is 1. The number of carbonyl (C=O) groups is 2. The minimum Gasteiger partial charge on any atom is -0.481 e. The van der Waals surface area contributed by atoms with E-state index in [1.807, 2.05) is 0 Å². The third kappa shape index (κ3) is 4.31. The molecule has 0 saturated carbocycles. The van der Waals surface area contributed by atoms with Gasteiger partial charge in [-0.3, -0.25) is 9.59 Å². The van der Waals surface area contributed by atoms with Crippen molar-refractivity contribution < 1.29 is 32.6 Å². The number of aliphatic carboxylic acids is 1. The molecule has 0 aromatic carbocycles. The second-order valence-electron chi connectivity index (χ2n) is 6.12. The van der Waals surface area contributed by atoms with E-state index in [0.29, 0.717) is 10.9 Å². The zero-order valence-corrected chi connectivity index (χ0v) is 15.0. The molecule has 0 fully saturated rings. The Morgan fingerprint density at radius 2 is 2.00 bits per heavy atom. The summed E-state index contributed by atoms with van der Waals surface area (Å²) in [4.78, 5) is 27.5. The van der Waals surface area contributed by atoms with Crippen LogP contribution in [0.4, 0.5) is 13.2 Å². The molecule has 0 bridgehead atoms. The Bertz CT molecular complexity index is 850. The molecule has 0 aliphatic carbocycles. The number of nitrogens with zero attached hydrogens (tertiary/aromatic N) is 1. The molecule has 142 valence electrons. The third-order valence-corrected chi connectivity index (χ3v) is 4.92. The van der Waals surface area contributed by atoms with Gasteiger partial charge in [0.15, 0.2) is 0 Å². The smallest absolute Gasteiger partial charge is 0.433 e. The average molecular weight is 390 g/mol. The normalized spacial score (nSPS) is 14.2. The van der Waals surface area contributed by atoms with Crippen LogP contribution < -0.4 is 5.32 Å². The van der Waals surface area contributed by atoms with Crippen LogP contribution in [0.15, 0.2) is 12.1 Å². The number of ether oxygens (including phenoxy) is 1. The minimum atomic E-state index is -4.58. The summed E-state index contributed by atoms with van der Waals surface area (Å²) in [6, 6.07) is 2.14. The van der Waals surface area contributed by atoms with Gasteiger partial charge < -0.3 is 15.2 Å². The molecule has 0 saturated heterocycles. The van der Waals surface area contributed by atoms with E-state index >= 15 is 0 Å². The second kappa shape index (κ2) is 7.20. The highest BCUT2D eigenvalue weighted by molar-refractivity contribution is 7.20. The van der Waals surface area contributed by atoms with Gasteiger partial charge in [-0.25, -0.2) is 4.98 Å². The molecule has 0 aliphatic rings. The van der Waals surface area contributed by atoms with E-state index in [9.17, 15) is 22.8 Å². The van der Waals surface area contributed by atoms with Gasteiger partial charge in [0.05, 0.1) is 23.4 Å². The highest BCUT2D eigenvalue weighted by Crippen LogP contribution is 2.34. The highest BCUT2D eigenvalue weighted by Gasteiger charge is 2.34. The predicted molar refractivity (Wildman–Crippen MR) is 89.4 cm³/mol. The first kappa shape index (κ1) is 20.1. The number of thiophene rings is 1. The molecule has 1 amide bonds. The molecular weight excluding hydrogens is 373 g/mol. The summed E-state index contributed by atoms with van der Waals surface area (Å²) in [5.41, 5.74) is -1.71. The number of fused-ring (bicyclic) bond motifs is 1. The van der Waals surface area contributed by atoms with Crippen molar-refractivity contribution in [2.45, 2.75) is 32.0 Å². The van der Waals surface area contributed by atoms with E-state index in [0.717, 1.165) is 17.4 Å². The summed E-state index contributed by atoms with van der Waals surface area (Å²) in [7, 11) is 1.37. The van der Waals surface area contributed by atoms with Crippen LogP contribution in [-0.2, 0) is 15.7 Å². The van der Waals surface area contributed by atoms with Gasteiger partial charge in [-0.2, -0.15) is 13.2 Å².